The fourth-order valence-corrected chi connectivity index (χ4v) is 3.32. The summed E-state index contributed by atoms with van der Waals surface area (Å²) in [4.78, 5) is 33.0. The maximum Gasteiger partial charge on any atom is 0.260 e. The number of benzene rings is 1. The van der Waals surface area contributed by atoms with Gasteiger partial charge in [-0.1, -0.05) is 12.1 Å². The normalized spacial score (nSPS) is 10.9. The maximum absolute atomic E-state index is 12.3. The van der Waals surface area contributed by atoms with E-state index in [0.29, 0.717) is 22.1 Å². The monoisotopic (exact) mass is 381 g/mol. The van der Waals surface area contributed by atoms with Crippen LogP contribution in [0.5, 0.6) is 0 Å². The molecule has 3 aromatic heterocycles. The molecule has 0 aliphatic rings. The Labute approximate surface area is 157 Å². The molecule has 9 heteroatoms. The van der Waals surface area contributed by atoms with Crippen molar-refractivity contribution in [3.05, 3.63) is 65.3 Å². The second kappa shape index (κ2) is 7.04. The lowest BCUT2D eigenvalue weighted by molar-refractivity contribution is -0.116. The molecule has 0 bridgehead atoms. The lowest BCUT2D eigenvalue weighted by Gasteiger charge is -2.05. The van der Waals surface area contributed by atoms with Crippen molar-refractivity contribution < 1.29 is 14.0 Å². The fraction of sp³-hybridized carbons (Fsp3) is 0.111. The molecule has 2 N–H and O–H groups in total. The van der Waals surface area contributed by atoms with Gasteiger partial charge in [-0.2, -0.15) is 0 Å². The number of amides is 2. The zero-order valence-electron chi connectivity index (χ0n) is 14.3. The highest BCUT2D eigenvalue weighted by molar-refractivity contribution is 7.14. The van der Waals surface area contributed by atoms with Gasteiger partial charge in [0.25, 0.3) is 5.91 Å². The number of fused-ring (bicyclic) bond motifs is 1. The molecule has 3 heterocycles. The predicted octanol–water partition coefficient (Wildman–Crippen LogP) is 2.96. The number of imidazole rings is 1. The first-order chi connectivity index (χ1) is 13.1. The first-order valence-electron chi connectivity index (χ1n) is 8.12. The summed E-state index contributed by atoms with van der Waals surface area (Å²) in [6, 6.07) is 9.11. The van der Waals surface area contributed by atoms with Gasteiger partial charge in [0.05, 0.1) is 35.0 Å². The molecule has 0 aliphatic heterocycles. The number of thiazole rings is 1. The molecule has 0 aliphatic carbocycles. The number of nitrogens with one attached hydrogen (secondary N) is 2. The molecular weight excluding hydrogens is 366 g/mol. The molecule has 0 unspecified atom stereocenters. The van der Waals surface area contributed by atoms with E-state index < -0.39 is 0 Å². The van der Waals surface area contributed by atoms with E-state index in [0.717, 1.165) is 11.0 Å². The molecule has 136 valence electrons. The number of aryl methyl sites for hydroxylation is 1. The van der Waals surface area contributed by atoms with Crippen LogP contribution < -0.4 is 10.7 Å². The van der Waals surface area contributed by atoms with Gasteiger partial charge in [0.15, 0.2) is 5.13 Å². The van der Waals surface area contributed by atoms with Crippen LogP contribution in [0.25, 0.3) is 11.0 Å². The minimum Gasteiger partial charge on any atom is -0.469 e. The molecule has 0 fully saturated rings. The smallest absolute Gasteiger partial charge is 0.260 e. The number of carbonyl (C=O) groups excluding carboxylic acids is 2. The molecule has 1 aromatic carbocycles. The summed E-state index contributed by atoms with van der Waals surface area (Å²) < 4.78 is 6.70. The second-order valence-corrected chi connectivity index (χ2v) is 6.66. The van der Waals surface area contributed by atoms with E-state index in [1.54, 1.807) is 29.4 Å². The summed E-state index contributed by atoms with van der Waals surface area (Å²) in [6.45, 7) is 1.71. The van der Waals surface area contributed by atoms with Gasteiger partial charge in [-0.25, -0.2) is 14.6 Å². The van der Waals surface area contributed by atoms with Crippen molar-refractivity contribution in [3.8, 4) is 0 Å². The Morgan fingerprint density at radius 3 is 2.93 bits per heavy atom. The third-order valence-corrected chi connectivity index (χ3v) is 4.72. The van der Waals surface area contributed by atoms with Gasteiger partial charge in [-0.15, -0.1) is 11.3 Å². The molecule has 4 aromatic rings. The highest BCUT2D eigenvalue weighted by Gasteiger charge is 2.14. The number of furan rings is 1. The largest absolute Gasteiger partial charge is 0.469 e. The Bertz CT molecular complexity index is 1130. The Hall–Kier alpha value is -3.46. The Morgan fingerprint density at radius 2 is 2.11 bits per heavy atom. The standard InChI is InChI=1S/C18H15N5O3S/c1-11-13(6-7-26-11)17(25)21-18-20-12(9-27-18)8-16(24)22-23-10-19-14-4-2-3-5-15(14)23/h2-7,9-10H,8H2,1H3,(H,22,24)(H,20,21,25). The summed E-state index contributed by atoms with van der Waals surface area (Å²) in [5.41, 5.74) is 5.41. The van der Waals surface area contributed by atoms with Crippen LogP contribution in [0.2, 0.25) is 0 Å². The van der Waals surface area contributed by atoms with Gasteiger partial charge in [0, 0.05) is 5.38 Å². The van der Waals surface area contributed by atoms with Crippen molar-refractivity contribution in [1.82, 2.24) is 14.6 Å². The van der Waals surface area contributed by atoms with Crippen LogP contribution in [-0.4, -0.2) is 26.5 Å². The Kier molecular flexibility index (Phi) is 4.43. The van der Waals surface area contributed by atoms with Crippen LogP contribution in [0.1, 0.15) is 21.8 Å². The third-order valence-electron chi connectivity index (χ3n) is 3.92. The molecule has 4 rings (SSSR count). The lowest BCUT2D eigenvalue weighted by Crippen LogP contribution is -2.23. The summed E-state index contributed by atoms with van der Waals surface area (Å²) in [5.74, 6) is 0.0136. The number of rotatable bonds is 5. The number of para-hydroxylation sites is 2. The van der Waals surface area contributed by atoms with E-state index in [-0.39, 0.29) is 18.2 Å². The van der Waals surface area contributed by atoms with Crippen LogP contribution >= 0.6 is 11.3 Å². The number of hydrogen-bond acceptors (Lipinski definition) is 6. The van der Waals surface area contributed by atoms with E-state index in [2.05, 4.69) is 20.7 Å². The highest BCUT2D eigenvalue weighted by atomic mass is 32.1. The topological polar surface area (TPSA) is 102 Å². The second-order valence-electron chi connectivity index (χ2n) is 5.80. The van der Waals surface area contributed by atoms with Crippen LogP contribution in [0.4, 0.5) is 5.13 Å². The zero-order chi connectivity index (χ0) is 18.8. The van der Waals surface area contributed by atoms with Crippen LogP contribution in [0, 0.1) is 6.92 Å². The van der Waals surface area contributed by atoms with E-state index in [9.17, 15) is 9.59 Å². The van der Waals surface area contributed by atoms with Gasteiger partial charge in [0.1, 0.15) is 12.1 Å². The molecule has 0 radical (unpaired) electrons. The Balaban J connectivity index is 1.39. The van der Waals surface area contributed by atoms with Crippen molar-refractivity contribution in [3.63, 3.8) is 0 Å². The zero-order valence-corrected chi connectivity index (χ0v) is 15.1. The molecule has 8 nitrogen and oxygen atoms in total. The van der Waals surface area contributed by atoms with Crippen molar-refractivity contribution in [2.75, 3.05) is 10.7 Å². The van der Waals surface area contributed by atoms with E-state index in [1.165, 1.54) is 17.6 Å². The molecule has 0 atom stereocenters. The summed E-state index contributed by atoms with van der Waals surface area (Å²) in [7, 11) is 0. The Morgan fingerprint density at radius 1 is 1.26 bits per heavy atom. The molecular formula is C18H15N5O3S. The summed E-state index contributed by atoms with van der Waals surface area (Å²) in [6.07, 6.45) is 3.10. The first kappa shape index (κ1) is 17.0. The summed E-state index contributed by atoms with van der Waals surface area (Å²) >= 11 is 1.26. The average molecular weight is 381 g/mol. The fourth-order valence-electron chi connectivity index (χ4n) is 2.62. The number of hydrogen-bond donors (Lipinski definition) is 2. The van der Waals surface area contributed by atoms with Gasteiger partial charge >= 0.3 is 0 Å². The lowest BCUT2D eigenvalue weighted by atomic mass is 10.2. The SMILES string of the molecule is Cc1occc1C(=O)Nc1nc(CC(=O)Nn2cnc3ccccc32)cs1. The van der Waals surface area contributed by atoms with Gasteiger partial charge < -0.3 is 4.42 Å². The maximum atomic E-state index is 12.3. The van der Waals surface area contributed by atoms with Crippen molar-refractivity contribution in [2.24, 2.45) is 0 Å². The molecule has 0 saturated carbocycles. The number of anilines is 1. The average Bonchev–Trinajstić information content (AvgIpc) is 3.36. The molecule has 27 heavy (non-hydrogen) atoms. The van der Waals surface area contributed by atoms with E-state index in [4.69, 9.17) is 4.42 Å². The first-order valence-corrected chi connectivity index (χ1v) is 9.00. The van der Waals surface area contributed by atoms with Gasteiger partial charge in [-0.3, -0.25) is 20.3 Å². The third kappa shape index (κ3) is 3.58. The quantitative estimate of drug-likeness (QED) is 0.553. The van der Waals surface area contributed by atoms with Gasteiger partial charge in [0.2, 0.25) is 5.91 Å². The highest BCUT2D eigenvalue weighted by Crippen LogP contribution is 2.18. The summed E-state index contributed by atoms with van der Waals surface area (Å²) in [5, 5.41) is 4.88. The minimum absolute atomic E-state index is 0.0869. The van der Waals surface area contributed by atoms with Gasteiger partial charge in [-0.05, 0) is 25.1 Å². The molecule has 0 spiro atoms. The van der Waals surface area contributed by atoms with Crippen LogP contribution in [-0.2, 0) is 11.2 Å². The van der Waals surface area contributed by atoms with Crippen LogP contribution in [0.15, 0.2) is 52.7 Å². The number of aromatic nitrogens is 3. The van der Waals surface area contributed by atoms with Crippen molar-refractivity contribution in [2.45, 2.75) is 13.3 Å². The molecule has 0 saturated heterocycles. The number of nitrogens with zero attached hydrogens (tertiary/aromatic N) is 3. The minimum atomic E-state index is -0.295. The van der Waals surface area contributed by atoms with E-state index in [1.807, 2.05) is 24.3 Å². The number of carbonyl (C=O) groups is 2. The van der Waals surface area contributed by atoms with E-state index >= 15 is 0 Å². The van der Waals surface area contributed by atoms with Crippen LogP contribution in [0.3, 0.4) is 0 Å². The molecule has 2 amide bonds. The predicted molar refractivity (Wildman–Crippen MR) is 101 cm³/mol. The van der Waals surface area contributed by atoms with Crippen molar-refractivity contribution in [1.29, 1.82) is 0 Å². The van der Waals surface area contributed by atoms with Crippen molar-refractivity contribution >= 4 is 39.3 Å².